The van der Waals surface area contributed by atoms with Crippen LogP contribution in [0.15, 0.2) is 91.0 Å². The SMILES string of the molecule is C(#CCN1CCN(Cc2ccccc2)CC1)COCCOC(c1ccccc1)c1ccccc1. The number of benzene rings is 3. The Morgan fingerprint density at radius 3 is 1.82 bits per heavy atom. The minimum atomic E-state index is -0.0855. The zero-order valence-corrected chi connectivity index (χ0v) is 19.8. The van der Waals surface area contributed by atoms with E-state index >= 15 is 0 Å². The summed E-state index contributed by atoms with van der Waals surface area (Å²) in [5.41, 5.74) is 3.69. The van der Waals surface area contributed by atoms with Crippen molar-refractivity contribution < 1.29 is 9.47 Å². The fourth-order valence-electron chi connectivity index (χ4n) is 4.15. The van der Waals surface area contributed by atoms with E-state index in [0.29, 0.717) is 19.8 Å². The summed E-state index contributed by atoms with van der Waals surface area (Å²) >= 11 is 0. The molecule has 0 N–H and O–H groups in total. The van der Waals surface area contributed by atoms with E-state index in [-0.39, 0.29) is 6.10 Å². The first-order chi connectivity index (χ1) is 16.9. The molecule has 0 amide bonds. The van der Waals surface area contributed by atoms with Gasteiger partial charge in [0.2, 0.25) is 0 Å². The molecule has 0 aromatic heterocycles. The van der Waals surface area contributed by atoms with Crippen LogP contribution >= 0.6 is 0 Å². The first-order valence-corrected chi connectivity index (χ1v) is 12.1. The maximum Gasteiger partial charge on any atom is 0.108 e. The number of hydrogen-bond donors (Lipinski definition) is 0. The molecule has 1 aliphatic heterocycles. The molecular weight excluding hydrogens is 420 g/mol. The third-order valence-electron chi connectivity index (χ3n) is 6.03. The highest BCUT2D eigenvalue weighted by Crippen LogP contribution is 2.25. The van der Waals surface area contributed by atoms with E-state index in [0.717, 1.165) is 50.4 Å². The zero-order valence-electron chi connectivity index (χ0n) is 19.8. The molecule has 0 saturated carbocycles. The van der Waals surface area contributed by atoms with Gasteiger partial charge in [-0.2, -0.15) is 0 Å². The van der Waals surface area contributed by atoms with Crippen molar-refractivity contribution in [1.82, 2.24) is 9.80 Å². The number of nitrogens with zero attached hydrogens (tertiary/aromatic N) is 2. The molecule has 0 unspecified atom stereocenters. The van der Waals surface area contributed by atoms with Gasteiger partial charge < -0.3 is 9.47 Å². The summed E-state index contributed by atoms with van der Waals surface area (Å²) in [6, 6.07) is 31.3. The molecule has 1 saturated heterocycles. The number of rotatable bonds is 10. The summed E-state index contributed by atoms with van der Waals surface area (Å²) in [7, 11) is 0. The van der Waals surface area contributed by atoms with Gasteiger partial charge in [-0.3, -0.25) is 9.80 Å². The van der Waals surface area contributed by atoms with Gasteiger partial charge in [-0.05, 0) is 16.7 Å². The fourth-order valence-corrected chi connectivity index (χ4v) is 4.15. The predicted octanol–water partition coefficient (Wildman–Crippen LogP) is 4.63. The topological polar surface area (TPSA) is 24.9 Å². The molecule has 1 aliphatic rings. The normalized spacial score (nSPS) is 14.6. The Kier molecular flexibility index (Phi) is 9.74. The third-order valence-corrected chi connectivity index (χ3v) is 6.03. The molecule has 0 spiro atoms. The zero-order chi connectivity index (χ0) is 23.3. The highest BCUT2D eigenvalue weighted by Gasteiger charge is 2.16. The van der Waals surface area contributed by atoms with Crippen LogP contribution in [0.25, 0.3) is 0 Å². The molecule has 4 rings (SSSR count). The van der Waals surface area contributed by atoms with Crippen LogP contribution in [0.1, 0.15) is 22.8 Å². The van der Waals surface area contributed by atoms with E-state index in [2.05, 4.69) is 76.2 Å². The summed E-state index contributed by atoms with van der Waals surface area (Å²) in [4.78, 5) is 4.93. The Hall–Kier alpha value is -2.94. The first-order valence-electron chi connectivity index (χ1n) is 12.1. The maximum atomic E-state index is 6.18. The van der Waals surface area contributed by atoms with Gasteiger partial charge >= 0.3 is 0 Å². The predicted molar refractivity (Wildman–Crippen MR) is 137 cm³/mol. The van der Waals surface area contributed by atoms with Gasteiger partial charge in [0.15, 0.2) is 0 Å². The average Bonchev–Trinajstić information content (AvgIpc) is 2.90. The lowest BCUT2D eigenvalue weighted by molar-refractivity contribution is 0.0283. The summed E-state index contributed by atoms with van der Waals surface area (Å²) < 4.78 is 11.9. The second-order valence-electron chi connectivity index (χ2n) is 8.52. The quantitative estimate of drug-likeness (QED) is 0.329. The summed E-state index contributed by atoms with van der Waals surface area (Å²) in [6.07, 6.45) is -0.0855. The van der Waals surface area contributed by atoms with Crippen LogP contribution < -0.4 is 0 Å². The van der Waals surface area contributed by atoms with E-state index in [4.69, 9.17) is 9.47 Å². The molecule has 0 radical (unpaired) electrons. The molecule has 176 valence electrons. The van der Waals surface area contributed by atoms with Gasteiger partial charge in [-0.1, -0.05) is 103 Å². The minimum Gasteiger partial charge on any atom is -0.366 e. The lowest BCUT2D eigenvalue weighted by atomic mass is 10.0. The monoisotopic (exact) mass is 454 g/mol. The van der Waals surface area contributed by atoms with E-state index < -0.39 is 0 Å². The molecule has 3 aromatic carbocycles. The molecular formula is C30H34N2O2. The molecule has 1 fully saturated rings. The first kappa shape index (κ1) is 24.2. The van der Waals surface area contributed by atoms with E-state index in [1.54, 1.807) is 0 Å². The van der Waals surface area contributed by atoms with E-state index in [9.17, 15) is 0 Å². The van der Waals surface area contributed by atoms with Crippen molar-refractivity contribution in [3.8, 4) is 11.8 Å². The molecule has 0 aliphatic carbocycles. The Morgan fingerprint density at radius 2 is 1.21 bits per heavy atom. The van der Waals surface area contributed by atoms with Gasteiger partial charge in [-0.15, -0.1) is 0 Å². The second-order valence-corrected chi connectivity index (χ2v) is 8.52. The van der Waals surface area contributed by atoms with Crippen LogP contribution in [0.4, 0.5) is 0 Å². The van der Waals surface area contributed by atoms with Crippen molar-refractivity contribution in [2.75, 3.05) is 52.5 Å². The Labute approximate surface area is 204 Å². The van der Waals surface area contributed by atoms with Gasteiger partial charge in [0.05, 0.1) is 19.8 Å². The Morgan fingerprint density at radius 1 is 0.647 bits per heavy atom. The van der Waals surface area contributed by atoms with Gasteiger partial charge in [0.1, 0.15) is 12.7 Å². The van der Waals surface area contributed by atoms with Crippen LogP contribution in [0, 0.1) is 11.8 Å². The van der Waals surface area contributed by atoms with Crippen molar-refractivity contribution in [2.45, 2.75) is 12.6 Å². The lowest BCUT2D eigenvalue weighted by Crippen LogP contribution is -2.45. The average molecular weight is 455 g/mol. The molecule has 0 atom stereocenters. The fraction of sp³-hybridized carbons (Fsp3) is 0.333. The highest BCUT2D eigenvalue weighted by molar-refractivity contribution is 5.29. The van der Waals surface area contributed by atoms with Crippen LogP contribution in [-0.4, -0.2) is 62.3 Å². The lowest BCUT2D eigenvalue weighted by Gasteiger charge is -2.33. The third kappa shape index (κ3) is 7.83. The standard InChI is InChI=1S/C30H34N2O2/c1-4-12-27(13-5-1)26-32-21-19-31(20-22-32)18-10-11-23-33-24-25-34-30(28-14-6-2-7-15-28)29-16-8-3-9-17-29/h1-9,12-17,30H,18-26H2. The van der Waals surface area contributed by atoms with Gasteiger partial charge in [0, 0.05) is 32.7 Å². The van der Waals surface area contributed by atoms with E-state index in [1.807, 2.05) is 36.4 Å². The Bertz CT molecular complexity index is 968. The molecule has 0 bridgehead atoms. The van der Waals surface area contributed by atoms with E-state index in [1.165, 1.54) is 5.56 Å². The van der Waals surface area contributed by atoms with Crippen molar-refractivity contribution in [3.05, 3.63) is 108 Å². The molecule has 4 nitrogen and oxygen atoms in total. The summed E-state index contributed by atoms with van der Waals surface area (Å²) in [5, 5.41) is 0. The van der Waals surface area contributed by atoms with Gasteiger partial charge in [-0.25, -0.2) is 0 Å². The highest BCUT2D eigenvalue weighted by atomic mass is 16.5. The number of ether oxygens (including phenoxy) is 2. The molecule has 1 heterocycles. The molecule has 3 aromatic rings. The second kappa shape index (κ2) is 13.7. The molecule has 4 heteroatoms. The number of piperazine rings is 1. The summed E-state index contributed by atoms with van der Waals surface area (Å²) in [5.74, 6) is 6.41. The largest absolute Gasteiger partial charge is 0.366 e. The van der Waals surface area contributed by atoms with Crippen molar-refractivity contribution in [3.63, 3.8) is 0 Å². The van der Waals surface area contributed by atoms with Crippen molar-refractivity contribution >= 4 is 0 Å². The van der Waals surface area contributed by atoms with Crippen LogP contribution in [-0.2, 0) is 16.0 Å². The smallest absolute Gasteiger partial charge is 0.108 e. The van der Waals surface area contributed by atoms with Crippen LogP contribution in [0.5, 0.6) is 0 Å². The molecule has 34 heavy (non-hydrogen) atoms. The summed E-state index contributed by atoms with van der Waals surface area (Å²) in [6.45, 7) is 7.66. The van der Waals surface area contributed by atoms with Crippen molar-refractivity contribution in [1.29, 1.82) is 0 Å². The Balaban J connectivity index is 1.11. The van der Waals surface area contributed by atoms with Crippen LogP contribution in [0.2, 0.25) is 0 Å². The number of hydrogen-bond acceptors (Lipinski definition) is 4. The van der Waals surface area contributed by atoms with Crippen LogP contribution in [0.3, 0.4) is 0 Å². The maximum absolute atomic E-state index is 6.18. The van der Waals surface area contributed by atoms with Crippen molar-refractivity contribution in [2.24, 2.45) is 0 Å². The minimum absolute atomic E-state index is 0.0855. The van der Waals surface area contributed by atoms with Gasteiger partial charge in [0.25, 0.3) is 0 Å².